The Morgan fingerprint density at radius 3 is 2.91 bits per heavy atom. The molecule has 1 aliphatic heterocycles. The number of hydrogen-bond acceptors (Lipinski definition) is 4. The highest BCUT2D eigenvalue weighted by molar-refractivity contribution is 5.84. The number of hydrogen-bond donors (Lipinski definition) is 2. The molecule has 4 aromatic rings. The van der Waals surface area contributed by atoms with Gasteiger partial charge in [0.25, 0.3) is 0 Å². The molecule has 1 atom stereocenters. The van der Waals surface area contributed by atoms with Crippen LogP contribution in [0.25, 0.3) is 10.9 Å². The molecule has 34 heavy (non-hydrogen) atoms. The highest BCUT2D eigenvalue weighted by atomic mass is 16.5. The highest BCUT2D eigenvalue weighted by Crippen LogP contribution is 2.27. The maximum atomic E-state index is 12.1. The number of fused-ring (bicyclic) bond motifs is 2. The number of aromatic nitrogens is 2. The van der Waals surface area contributed by atoms with Gasteiger partial charge in [-0.05, 0) is 66.8 Å². The molecular weight excluding hydrogens is 426 g/mol. The Morgan fingerprint density at radius 1 is 1.18 bits per heavy atom. The predicted molar refractivity (Wildman–Crippen MR) is 134 cm³/mol. The zero-order valence-electron chi connectivity index (χ0n) is 19.3. The number of aryl methyl sites for hydroxylation is 2. The van der Waals surface area contributed by atoms with Crippen molar-refractivity contribution in [3.63, 3.8) is 0 Å². The second-order valence-electron chi connectivity index (χ2n) is 8.87. The minimum absolute atomic E-state index is 0.437. The van der Waals surface area contributed by atoms with Gasteiger partial charge >= 0.3 is 5.97 Å². The van der Waals surface area contributed by atoms with E-state index in [1.54, 1.807) is 0 Å². The molecule has 0 saturated carbocycles. The van der Waals surface area contributed by atoms with Crippen LogP contribution in [0.3, 0.4) is 0 Å². The standard InChI is InChI=1S/C28H29N3O3/c1-19-5-2-3-6-21(19)18-26(28(32)33)31-15-12-22-17-24(10-11-25(22)31)34-16-13-23-9-8-20-7-4-14-29-27(20)30-23/h2-3,5-6,8-12,15,17,26H,4,7,13-14,16,18H2,1H3,(H,29,30)(H,32,33). The molecule has 5 rings (SSSR count). The third kappa shape index (κ3) is 4.62. The van der Waals surface area contributed by atoms with Crippen LogP contribution in [-0.4, -0.2) is 33.8 Å². The molecular formula is C28H29N3O3. The van der Waals surface area contributed by atoms with Gasteiger partial charge in [0.2, 0.25) is 0 Å². The number of carboxylic acids is 1. The van der Waals surface area contributed by atoms with E-state index in [-0.39, 0.29) is 0 Å². The van der Waals surface area contributed by atoms with Crippen LogP contribution in [0.4, 0.5) is 5.82 Å². The summed E-state index contributed by atoms with van der Waals surface area (Å²) in [6, 6.07) is 19.3. The summed E-state index contributed by atoms with van der Waals surface area (Å²) >= 11 is 0. The van der Waals surface area contributed by atoms with Gasteiger partial charge < -0.3 is 19.7 Å². The fourth-order valence-corrected chi connectivity index (χ4v) is 4.64. The van der Waals surface area contributed by atoms with E-state index in [2.05, 4.69) is 17.4 Å². The number of rotatable bonds is 8. The lowest BCUT2D eigenvalue weighted by Crippen LogP contribution is -2.21. The van der Waals surface area contributed by atoms with E-state index in [4.69, 9.17) is 9.72 Å². The van der Waals surface area contributed by atoms with Gasteiger partial charge in [0.1, 0.15) is 17.6 Å². The molecule has 1 aliphatic rings. The summed E-state index contributed by atoms with van der Waals surface area (Å²) in [5.74, 6) is 0.936. The normalized spacial score (nSPS) is 13.8. The molecule has 2 N–H and O–H groups in total. The molecule has 0 amide bonds. The first-order valence-electron chi connectivity index (χ1n) is 11.8. The second-order valence-corrected chi connectivity index (χ2v) is 8.87. The molecule has 0 fully saturated rings. The zero-order chi connectivity index (χ0) is 23.5. The van der Waals surface area contributed by atoms with Gasteiger partial charge in [-0.15, -0.1) is 0 Å². The summed E-state index contributed by atoms with van der Waals surface area (Å²) in [6.07, 6.45) is 5.26. The molecule has 0 saturated heterocycles. The van der Waals surface area contributed by atoms with Gasteiger partial charge in [-0.25, -0.2) is 9.78 Å². The van der Waals surface area contributed by atoms with E-state index in [1.807, 2.05) is 66.2 Å². The van der Waals surface area contributed by atoms with Crippen molar-refractivity contribution in [1.29, 1.82) is 0 Å². The molecule has 2 aromatic heterocycles. The van der Waals surface area contributed by atoms with Crippen molar-refractivity contribution in [3.8, 4) is 5.75 Å². The van der Waals surface area contributed by atoms with Gasteiger partial charge in [0.05, 0.1) is 6.61 Å². The summed E-state index contributed by atoms with van der Waals surface area (Å²) in [5, 5.41) is 14.3. The van der Waals surface area contributed by atoms with Crippen LogP contribution >= 0.6 is 0 Å². The Kier molecular flexibility index (Phi) is 6.21. The minimum Gasteiger partial charge on any atom is -0.493 e. The van der Waals surface area contributed by atoms with Crippen molar-refractivity contribution >= 4 is 22.7 Å². The van der Waals surface area contributed by atoms with Crippen molar-refractivity contribution < 1.29 is 14.6 Å². The number of benzene rings is 2. The predicted octanol–water partition coefficient (Wildman–Crippen LogP) is 5.19. The van der Waals surface area contributed by atoms with Gasteiger partial charge in [-0.3, -0.25) is 0 Å². The molecule has 1 unspecified atom stereocenters. The van der Waals surface area contributed by atoms with Gasteiger partial charge in [-0.2, -0.15) is 0 Å². The average Bonchev–Trinajstić information content (AvgIpc) is 3.26. The van der Waals surface area contributed by atoms with E-state index in [1.165, 1.54) is 5.56 Å². The van der Waals surface area contributed by atoms with Gasteiger partial charge in [0, 0.05) is 42.2 Å². The fraction of sp³-hybridized carbons (Fsp3) is 0.286. The van der Waals surface area contributed by atoms with Crippen LogP contribution in [0.2, 0.25) is 0 Å². The van der Waals surface area contributed by atoms with Crippen LogP contribution in [0.5, 0.6) is 5.75 Å². The van der Waals surface area contributed by atoms with E-state index in [9.17, 15) is 9.90 Å². The van der Waals surface area contributed by atoms with E-state index in [0.717, 1.165) is 65.1 Å². The summed E-state index contributed by atoms with van der Waals surface area (Å²) in [4.78, 5) is 16.9. The number of anilines is 1. The fourth-order valence-electron chi connectivity index (χ4n) is 4.64. The Balaban J connectivity index is 1.28. The van der Waals surface area contributed by atoms with Crippen molar-refractivity contribution in [1.82, 2.24) is 9.55 Å². The van der Waals surface area contributed by atoms with E-state index < -0.39 is 12.0 Å². The summed E-state index contributed by atoms with van der Waals surface area (Å²) < 4.78 is 7.85. The van der Waals surface area contributed by atoms with Crippen molar-refractivity contribution in [2.24, 2.45) is 0 Å². The lowest BCUT2D eigenvalue weighted by atomic mass is 10.0. The van der Waals surface area contributed by atoms with E-state index >= 15 is 0 Å². The van der Waals surface area contributed by atoms with Crippen molar-refractivity contribution in [2.45, 2.75) is 38.6 Å². The first-order chi connectivity index (χ1) is 16.6. The summed E-state index contributed by atoms with van der Waals surface area (Å²) in [5.41, 5.74) is 5.33. The topological polar surface area (TPSA) is 76.4 Å². The van der Waals surface area contributed by atoms with Crippen molar-refractivity contribution in [2.75, 3.05) is 18.5 Å². The molecule has 6 nitrogen and oxygen atoms in total. The third-order valence-corrected chi connectivity index (χ3v) is 6.57. The lowest BCUT2D eigenvalue weighted by Gasteiger charge is -2.18. The van der Waals surface area contributed by atoms with Crippen LogP contribution in [-0.2, 0) is 24.1 Å². The number of nitrogens with one attached hydrogen (secondary N) is 1. The maximum absolute atomic E-state index is 12.1. The van der Waals surface area contributed by atoms with Crippen LogP contribution in [0.1, 0.15) is 34.8 Å². The molecule has 0 radical (unpaired) electrons. The molecule has 6 heteroatoms. The Hall–Kier alpha value is -3.80. The monoisotopic (exact) mass is 455 g/mol. The van der Waals surface area contributed by atoms with Crippen LogP contribution in [0.15, 0.2) is 66.9 Å². The maximum Gasteiger partial charge on any atom is 0.327 e. The third-order valence-electron chi connectivity index (χ3n) is 6.57. The second kappa shape index (κ2) is 9.59. The lowest BCUT2D eigenvalue weighted by molar-refractivity contribution is -0.140. The highest BCUT2D eigenvalue weighted by Gasteiger charge is 2.22. The molecule has 0 bridgehead atoms. The number of pyridine rings is 1. The number of carbonyl (C=O) groups is 1. The molecule has 0 spiro atoms. The van der Waals surface area contributed by atoms with E-state index in [0.29, 0.717) is 13.0 Å². The quantitative estimate of drug-likeness (QED) is 0.382. The van der Waals surface area contributed by atoms with Crippen LogP contribution < -0.4 is 10.1 Å². The Bertz CT molecular complexity index is 1330. The number of aliphatic carboxylic acids is 1. The number of carboxylic acid groups (broad SMARTS) is 1. The SMILES string of the molecule is Cc1ccccc1CC(C(=O)O)n1ccc2cc(OCCc3ccc4c(n3)NCCC4)ccc21. The van der Waals surface area contributed by atoms with Gasteiger partial charge in [-0.1, -0.05) is 30.3 Å². The Labute approximate surface area is 199 Å². The first kappa shape index (κ1) is 22.0. The smallest absolute Gasteiger partial charge is 0.327 e. The van der Waals surface area contributed by atoms with Crippen LogP contribution in [0, 0.1) is 6.92 Å². The average molecular weight is 456 g/mol. The first-order valence-corrected chi connectivity index (χ1v) is 11.8. The largest absolute Gasteiger partial charge is 0.493 e. The molecule has 3 heterocycles. The molecule has 174 valence electrons. The summed E-state index contributed by atoms with van der Waals surface area (Å²) in [7, 11) is 0. The minimum atomic E-state index is -0.840. The number of ether oxygens (including phenoxy) is 1. The zero-order valence-corrected chi connectivity index (χ0v) is 19.3. The summed E-state index contributed by atoms with van der Waals surface area (Å²) in [6.45, 7) is 3.53. The molecule has 2 aromatic carbocycles. The number of nitrogens with zero attached hydrogens (tertiary/aromatic N) is 2. The molecule has 0 aliphatic carbocycles. The van der Waals surface area contributed by atoms with Gasteiger partial charge in [0.15, 0.2) is 0 Å². The Morgan fingerprint density at radius 2 is 2.06 bits per heavy atom. The van der Waals surface area contributed by atoms with Crippen molar-refractivity contribution in [3.05, 3.63) is 89.2 Å².